The second-order valence-corrected chi connectivity index (χ2v) is 5.92. The van der Waals surface area contributed by atoms with E-state index < -0.39 is 0 Å². The topological polar surface area (TPSA) is 90.9 Å². The maximum Gasteiger partial charge on any atom is 0.247 e. The van der Waals surface area contributed by atoms with Gasteiger partial charge in [-0.1, -0.05) is 6.92 Å². The smallest absolute Gasteiger partial charge is 0.247 e. The molecule has 0 aromatic carbocycles. The van der Waals surface area contributed by atoms with E-state index in [9.17, 15) is 10.1 Å². The van der Waals surface area contributed by atoms with Gasteiger partial charge >= 0.3 is 0 Å². The quantitative estimate of drug-likeness (QED) is 0.832. The number of aromatic nitrogens is 4. The van der Waals surface area contributed by atoms with Gasteiger partial charge in [-0.05, 0) is 18.9 Å². The molecule has 25 heavy (non-hydrogen) atoms. The van der Waals surface area contributed by atoms with Crippen molar-refractivity contribution >= 4 is 11.7 Å². The highest BCUT2D eigenvalue weighted by molar-refractivity contribution is 5.80. The van der Waals surface area contributed by atoms with Gasteiger partial charge in [-0.3, -0.25) is 9.48 Å². The van der Waals surface area contributed by atoms with Crippen LogP contribution in [-0.2, 0) is 4.79 Å². The van der Waals surface area contributed by atoms with Crippen LogP contribution in [0, 0.1) is 11.3 Å². The molecule has 1 saturated heterocycles. The van der Waals surface area contributed by atoms with E-state index in [1.54, 1.807) is 17.1 Å². The van der Waals surface area contributed by atoms with Crippen LogP contribution in [0.15, 0.2) is 30.9 Å². The summed E-state index contributed by atoms with van der Waals surface area (Å²) in [5.74, 6) is 0.686. The SMILES string of the molecule is CCC(C(=O)N1CCCN(c2nccnc2C#N)CC1)n1cccn1. The number of amides is 1. The van der Waals surface area contributed by atoms with Crippen LogP contribution in [0.5, 0.6) is 0 Å². The summed E-state index contributed by atoms with van der Waals surface area (Å²) in [6, 6.07) is 3.65. The Morgan fingerprint density at radius 1 is 1.24 bits per heavy atom. The Morgan fingerprint density at radius 2 is 2.08 bits per heavy atom. The molecule has 1 atom stereocenters. The molecule has 2 aromatic heterocycles. The fourth-order valence-electron chi connectivity index (χ4n) is 3.14. The minimum Gasteiger partial charge on any atom is -0.352 e. The Kier molecular flexibility index (Phi) is 5.23. The number of rotatable bonds is 4. The molecule has 8 heteroatoms. The van der Waals surface area contributed by atoms with E-state index in [0.717, 1.165) is 13.0 Å². The summed E-state index contributed by atoms with van der Waals surface area (Å²) in [5.41, 5.74) is 0.324. The van der Waals surface area contributed by atoms with Gasteiger partial charge in [0.05, 0.1) is 0 Å². The largest absolute Gasteiger partial charge is 0.352 e. The Morgan fingerprint density at radius 3 is 2.80 bits per heavy atom. The van der Waals surface area contributed by atoms with Crippen molar-refractivity contribution < 1.29 is 4.79 Å². The molecule has 1 fully saturated rings. The van der Waals surface area contributed by atoms with Crippen LogP contribution in [0.2, 0.25) is 0 Å². The molecule has 1 aliphatic heterocycles. The van der Waals surface area contributed by atoms with Crippen molar-refractivity contribution in [2.75, 3.05) is 31.1 Å². The van der Waals surface area contributed by atoms with E-state index in [4.69, 9.17) is 0 Å². The summed E-state index contributed by atoms with van der Waals surface area (Å²) in [6.45, 7) is 4.66. The van der Waals surface area contributed by atoms with Crippen molar-refractivity contribution in [2.45, 2.75) is 25.8 Å². The molecule has 0 N–H and O–H groups in total. The minimum atomic E-state index is -0.271. The fraction of sp³-hybridized carbons (Fsp3) is 0.471. The normalized spacial score (nSPS) is 16.2. The molecule has 1 amide bonds. The number of nitriles is 1. The van der Waals surface area contributed by atoms with E-state index in [2.05, 4.69) is 21.1 Å². The van der Waals surface area contributed by atoms with Crippen LogP contribution >= 0.6 is 0 Å². The molecule has 0 spiro atoms. The molecule has 0 radical (unpaired) electrons. The lowest BCUT2D eigenvalue weighted by Gasteiger charge is -2.26. The first kappa shape index (κ1) is 16.9. The molecular weight excluding hydrogens is 318 g/mol. The summed E-state index contributed by atoms with van der Waals surface area (Å²) in [7, 11) is 0. The van der Waals surface area contributed by atoms with Gasteiger partial charge in [-0.25, -0.2) is 9.97 Å². The average molecular weight is 339 g/mol. The molecule has 3 heterocycles. The lowest BCUT2D eigenvalue weighted by molar-refractivity contribution is -0.135. The zero-order chi connectivity index (χ0) is 17.6. The molecule has 130 valence electrons. The van der Waals surface area contributed by atoms with Gasteiger partial charge in [0.1, 0.15) is 12.1 Å². The molecule has 0 bridgehead atoms. The summed E-state index contributed by atoms with van der Waals surface area (Å²) in [5, 5.41) is 13.4. The lowest BCUT2D eigenvalue weighted by atomic mass is 10.2. The molecule has 1 unspecified atom stereocenters. The summed E-state index contributed by atoms with van der Waals surface area (Å²) in [6.07, 6.45) is 8.15. The third-order valence-electron chi connectivity index (χ3n) is 4.41. The highest BCUT2D eigenvalue weighted by atomic mass is 16.2. The highest BCUT2D eigenvalue weighted by Gasteiger charge is 2.27. The molecular formula is C17H21N7O. The van der Waals surface area contributed by atoms with E-state index in [-0.39, 0.29) is 11.9 Å². The number of carbonyl (C=O) groups is 1. The number of hydrogen-bond acceptors (Lipinski definition) is 6. The number of hydrogen-bond donors (Lipinski definition) is 0. The van der Waals surface area contributed by atoms with Gasteiger partial charge in [-0.15, -0.1) is 0 Å². The van der Waals surface area contributed by atoms with Crippen LogP contribution in [-0.4, -0.2) is 56.7 Å². The van der Waals surface area contributed by atoms with Gasteiger partial charge in [0, 0.05) is 51.0 Å². The van der Waals surface area contributed by atoms with Gasteiger partial charge < -0.3 is 9.80 Å². The van der Waals surface area contributed by atoms with Crippen molar-refractivity contribution in [3.8, 4) is 6.07 Å². The van der Waals surface area contributed by atoms with Crippen LogP contribution < -0.4 is 4.90 Å². The third kappa shape index (κ3) is 3.60. The number of carbonyl (C=O) groups excluding carboxylic acids is 1. The standard InChI is InChI=1S/C17H21N7O/c1-2-15(24-10-3-5-21-24)17(25)23-9-4-8-22(11-12-23)16-14(13-18)19-6-7-20-16/h3,5-7,10,15H,2,4,8-9,11-12H2,1H3. The molecule has 8 nitrogen and oxygen atoms in total. The highest BCUT2D eigenvalue weighted by Crippen LogP contribution is 2.19. The third-order valence-corrected chi connectivity index (χ3v) is 4.41. The van der Waals surface area contributed by atoms with Gasteiger partial charge in [-0.2, -0.15) is 10.4 Å². The maximum absolute atomic E-state index is 12.9. The van der Waals surface area contributed by atoms with Gasteiger partial charge in [0.25, 0.3) is 0 Å². The Bertz CT molecular complexity index is 753. The van der Waals surface area contributed by atoms with Crippen LogP contribution in [0.1, 0.15) is 31.5 Å². The van der Waals surface area contributed by atoms with Crippen LogP contribution in [0.4, 0.5) is 5.82 Å². The number of nitrogens with zero attached hydrogens (tertiary/aromatic N) is 7. The van der Waals surface area contributed by atoms with Crippen LogP contribution in [0.25, 0.3) is 0 Å². The lowest BCUT2D eigenvalue weighted by Crippen LogP contribution is -2.40. The first-order chi connectivity index (χ1) is 12.2. The van der Waals surface area contributed by atoms with Gasteiger partial charge in [0.15, 0.2) is 11.5 Å². The van der Waals surface area contributed by atoms with Crippen molar-refractivity contribution in [2.24, 2.45) is 0 Å². The molecule has 3 rings (SSSR count). The van der Waals surface area contributed by atoms with Crippen molar-refractivity contribution in [3.63, 3.8) is 0 Å². The summed E-state index contributed by atoms with van der Waals surface area (Å²) in [4.78, 5) is 25.2. The zero-order valence-corrected chi connectivity index (χ0v) is 14.2. The monoisotopic (exact) mass is 339 g/mol. The average Bonchev–Trinajstić information content (AvgIpc) is 3.06. The summed E-state index contributed by atoms with van der Waals surface area (Å²) >= 11 is 0. The second kappa shape index (κ2) is 7.75. The van der Waals surface area contributed by atoms with E-state index >= 15 is 0 Å². The Labute approximate surface area is 146 Å². The minimum absolute atomic E-state index is 0.0905. The van der Waals surface area contributed by atoms with Crippen LogP contribution in [0.3, 0.4) is 0 Å². The summed E-state index contributed by atoms with van der Waals surface area (Å²) < 4.78 is 1.72. The van der Waals surface area contributed by atoms with E-state index in [0.29, 0.717) is 37.6 Å². The fourth-order valence-corrected chi connectivity index (χ4v) is 3.14. The Balaban J connectivity index is 1.71. The van der Waals surface area contributed by atoms with Gasteiger partial charge in [0.2, 0.25) is 5.91 Å². The Hall–Kier alpha value is -2.95. The predicted octanol–water partition coefficient (Wildman–Crippen LogP) is 1.23. The first-order valence-electron chi connectivity index (χ1n) is 8.48. The molecule has 0 aliphatic carbocycles. The van der Waals surface area contributed by atoms with E-state index in [1.165, 1.54) is 6.20 Å². The second-order valence-electron chi connectivity index (χ2n) is 5.92. The number of anilines is 1. The first-order valence-corrected chi connectivity index (χ1v) is 8.48. The van der Waals surface area contributed by atoms with Crippen molar-refractivity contribution in [3.05, 3.63) is 36.5 Å². The maximum atomic E-state index is 12.9. The molecule has 2 aromatic rings. The molecule has 0 saturated carbocycles. The predicted molar refractivity (Wildman–Crippen MR) is 91.7 cm³/mol. The van der Waals surface area contributed by atoms with Crippen molar-refractivity contribution in [1.29, 1.82) is 5.26 Å². The van der Waals surface area contributed by atoms with Crippen molar-refractivity contribution in [1.82, 2.24) is 24.6 Å². The van der Waals surface area contributed by atoms with E-state index in [1.807, 2.05) is 29.0 Å². The zero-order valence-electron chi connectivity index (χ0n) is 14.2. The molecule has 1 aliphatic rings.